The Kier molecular flexibility index (Phi) is 29.8. The van der Waals surface area contributed by atoms with Crippen LogP contribution in [0.1, 0.15) is 69.1 Å². The standard InChI is InChI=1S/C58H80N14O15S2/c1-3-30(2)48(57(85)71-45(29-89)56(84)69-43(58(86)87)23-33-26-63-37-14-8-7-13-35(33)37)72-54(82)42(25-47(62)76)68-55(83)44(27-73)70-52(80)39(21-31-11-5-4-6-12-31)67-51(79)40(22-32-16-18-34(74)19-17-32)66-50(78)38(15-9-10-20-59)64-53(81)41(24-46(61)75)65-49(77)36(60)28-88/h4-8,11-14,16-19,26,30,36,38-45,48,63,73-74,88-89H,3,9-10,15,20-25,27-29,59-60H2,1-2H3,(H2,61,75)(H2,62,76)(H,64,81)(H,65,77)(H,66,78)(H,67,79)(H,68,83)(H,69,84)(H,70,80)(H,71,85)(H,72,82)(H,86,87)/t30-,36-,38+,39+,40-,41-,42+,43-,44-,45+,48-/m0/s1. The number of nitrogens with two attached hydrogens (primary N) is 4. The lowest BCUT2D eigenvalue weighted by molar-refractivity contribution is -0.142. The van der Waals surface area contributed by atoms with Gasteiger partial charge in [0.15, 0.2) is 0 Å². The number of nitrogens with one attached hydrogen (secondary N) is 10. The van der Waals surface area contributed by atoms with E-state index in [1.807, 2.05) is 0 Å². The number of hydrogen-bond acceptors (Lipinski definition) is 18. The molecule has 0 radical (unpaired) electrons. The third kappa shape index (κ3) is 23.4. The smallest absolute Gasteiger partial charge is 0.326 e. The van der Waals surface area contributed by atoms with Crippen LogP contribution in [0.15, 0.2) is 85.1 Å². The van der Waals surface area contributed by atoms with Crippen LogP contribution in [0, 0.1) is 5.92 Å². The molecule has 0 aliphatic carbocycles. The maximum Gasteiger partial charge on any atom is 0.326 e. The van der Waals surface area contributed by atoms with Crippen LogP contribution in [-0.2, 0) is 76.8 Å². The zero-order valence-electron chi connectivity index (χ0n) is 49.1. The molecule has 89 heavy (non-hydrogen) atoms. The Bertz CT molecular complexity index is 3100. The molecular formula is C58H80N14O15S2. The van der Waals surface area contributed by atoms with Gasteiger partial charge in [0, 0.05) is 47.9 Å². The van der Waals surface area contributed by atoms with Crippen molar-refractivity contribution in [3.63, 3.8) is 0 Å². The number of aliphatic carboxylic acids is 1. The number of fused-ring (bicyclic) bond motifs is 1. The molecule has 4 aromatic rings. The van der Waals surface area contributed by atoms with Gasteiger partial charge in [-0.1, -0.05) is 80.9 Å². The highest BCUT2D eigenvalue weighted by molar-refractivity contribution is 7.80. The number of hydrogen-bond donors (Lipinski definition) is 19. The summed E-state index contributed by atoms with van der Waals surface area (Å²) in [5.41, 5.74) is 24.6. The highest BCUT2D eigenvalue weighted by Crippen LogP contribution is 2.20. The van der Waals surface area contributed by atoms with Crippen LogP contribution in [0.2, 0.25) is 0 Å². The van der Waals surface area contributed by atoms with Crippen LogP contribution in [-0.4, -0.2) is 176 Å². The van der Waals surface area contributed by atoms with Gasteiger partial charge in [0.25, 0.3) is 0 Å². The minimum absolute atomic E-state index is 0.0710. The molecule has 4 rings (SSSR count). The van der Waals surface area contributed by atoms with E-state index in [0.29, 0.717) is 23.1 Å². The van der Waals surface area contributed by atoms with Gasteiger partial charge in [0.05, 0.1) is 25.5 Å². The molecule has 29 nitrogen and oxygen atoms in total. The number of benzene rings is 3. The molecule has 1 aromatic heterocycles. The van der Waals surface area contributed by atoms with Crippen LogP contribution in [0.25, 0.3) is 10.9 Å². The Balaban J connectivity index is 1.57. The molecule has 0 saturated carbocycles. The van der Waals surface area contributed by atoms with Gasteiger partial charge in [-0.3, -0.25) is 52.7 Å². The molecular weight excluding hydrogens is 1200 g/mol. The van der Waals surface area contributed by atoms with Gasteiger partial charge in [-0.2, -0.15) is 25.3 Å². The number of carboxylic acids is 1. The number of unbranched alkanes of at least 4 members (excludes halogenated alkanes) is 1. The maximum absolute atomic E-state index is 14.6. The molecule has 0 aliphatic heterocycles. The first-order chi connectivity index (χ1) is 42.3. The quantitative estimate of drug-likeness (QED) is 0.0153. The average Bonchev–Trinajstić information content (AvgIpc) is 4.21. The second kappa shape index (κ2) is 36.5. The zero-order chi connectivity index (χ0) is 65.9. The van der Waals surface area contributed by atoms with E-state index in [2.05, 4.69) is 78.1 Å². The summed E-state index contributed by atoms with van der Waals surface area (Å²) in [5, 5.41) is 53.5. The number of amides is 11. The zero-order valence-corrected chi connectivity index (χ0v) is 50.9. The normalized spacial score (nSPS) is 14.8. The predicted octanol–water partition coefficient (Wildman–Crippen LogP) is -3.55. The van der Waals surface area contributed by atoms with E-state index in [4.69, 9.17) is 22.9 Å². The Morgan fingerprint density at radius 3 is 1.53 bits per heavy atom. The van der Waals surface area contributed by atoms with Crippen LogP contribution in [0.3, 0.4) is 0 Å². The van der Waals surface area contributed by atoms with E-state index < -0.39 is 157 Å². The molecule has 0 bridgehead atoms. The summed E-state index contributed by atoms with van der Waals surface area (Å²) >= 11 is 8.21. The number of carboxylic acid groups (broad SMARTS) is 1. The number of phenols is 1. The number of aliphatic hydroxyl groups excluding tert-OH is 1. The minimum atomic E-state index is -1.91. The Labute approximate surface area is 523 Å². The van der Waals surface area contributed by atoms with E-state index in [9.17, 15) is 72.9 Å². The molecule has 0 spiro atoms. The minimum Gasteiger partial charge on any atom is -0.508 e. The highest BCUT2D eigenvalue weighted by atomic mass is 32.1. The summed E-state index contributed by atoms with van der Waals surface area (Å²) in [6.07, 6.45) is 0.184. The Morgan fingerprint density at radius 1 is 0.528 bits per heavy atom. The van der Waals surface area contributed by atoms with E-state index in [1.165, 1.54) is 24.3 Å². The number of rotatable bonds is 38. The van der Waals surface area contributed by atoms with Crippen LogP contribution < -0.4 is 70.8 Å². The van der Waals surface area contributed by atoms with Crippen molar-refractivity contribution in [2.24, 2.45) is 28.9 Å². The number of thiol groups is 2. The average molecular weight is 1280 g/mol. The molecule has 11 atom stereocenters. The van der Waals surface area contributed by atoms with E-state index in [0.717, 1.165) is 10.9 Å². The third-order valence-electron chi connectivity index (χ3n) is 14.3. The van der Waals surface area contributed by atoms with Crippen molar-refractivity contribution in [2.45, 2.75) is 132 Å². The van der Waals surface area contributed by atoms with Crippen molar-refractivity contribution in [3.8, 4) is 5.75 Å². The highest BCUT2D eigenvalue weighted by Gasteiger charge is 2.37. The van der Waals surface area contributed by atoms with Gasteiger partial charge in [0.1, 0.15) is 60.1 Å². The predicted molar refractivity (Wildman–Crippen MR) is 332 cm³/mol. The summed E-state index contributed by atoms with van der Waals surface area (Å²) in [5.74, 6) is -13.8. The number of phenolic OH excluding ortho intramolecular Hbond substituents is 1. The number of aromatic nitrogens is 1. The van der Waals surface area contributed by atoms with Gasteiger partial charge in [-0.15, -0.1) is 0 Å². The maximum atomic E-state index is 14.6. The first-order valence-electron chi connectivity index (χ1n) is 28.5. The summed E-state index contributed by atoms with van der Waals surface area (Å²) in [6.45, 7) is 2.32. The van der Waals surface area contributed by atoms with E-state index >= 15 is 0 Å². The van der Waals surface area contributed by atoms with Crippen molar-refractivity contribution in [1.29, 1.82) is 0 Å². The van der Waals surface area contributed by atoms with Crippen molar-refractivity contribution in [3.05, 3.63) is 102 Å². The fraction of sp³-hybridized carbons (Fsp3) is 0.448. The van der Waals surface area contributed by atoms with Gasteiger partial charge in [-0.05, 0) is 66.6 Å². The monoisotopic (exact) mass is 1280 g/mol. The molecule has 0 fully saturated rings. The van der Waals surface area contributed by atoms with E-state index in [1.54, 1.807) is 74.6 Å². The lowest BCUT2D eigenvalue weighted by Gasteiger charge is -2.29. The molecule has 3 aromatic carbocycles. The van der Waals surface area contributed by atoms with Crippen LogP contribution >= 0.6 is 25.3 Å². The second-order valence-electron chi connectivity index (χ2n) is 21.1. The SMILES string of the molecule is CC[C@H](C)[C@H](NC(=O)[C@@H](CC(N)=O)NC(=O)[C@H](CO)NC(=O)[C@@H](Cc1ccccc1)NC(=O)[C@H](Cc1ccc(O)cc1)NC(=O)[C@@H](CCCCN)NC(=O)[C@H](CC(N)=O)NC(=O)[C@@H](N)CS)C(=O)N[C@H](CS)C(=O)N[C@@H](Cc1c[nH]c2ccccc12)C(=O)O. The molecule has 0 saturated heterocycles. The molecule has 484 valence electrons. The Hall–Kier alpha value is -8.78. The topological polar surface area (TPSA) is 494 Å². The summed E-state index contributed by atoms with van der Waals surface area (Å²) in [4.78, 5) is 165. The fourth-order valence-corrected chi connectivity index (χ4v) is 9.46. The summed E-state index contributed by atoms with van der Waals surface area (Å²) in [6, 6.07) is 5.38. The van der Waals surface area contributed by atoms with E-state index in [-0.39, 0.29) is 62.3 Å². The Morgan fingerprint density at radius 2 is 0.989 bits per heavy atom. The number of primary amides is 2. The first-order valence-corrected chi connectivity index (χ1v) is 29.8. The fourth-order valence-electron chi connectivity index (χ4n) is 9.04. The van der Waals surface area contributed by atoms with Crippen molar-refractivity contribution < 1.29 is 72.9 Å². The summed E-state index contributed by atoms with van der Waals surface area (Å²) in [7, 11) is 0. The number of aromatic amines is 1. The molecule has 0 unspecified atom stereocenters. The van der Waals surface area contributed by atoms with Crippen molar-refractivity contribution >= 4 is 107 Å². The van der Waals surface area contributed by atoms with Gasteiger partial charge in [0.2, 0.25) is 65.0 Å². The lowest BCUT2D eigenvalue weighted by atomic mass is 9.97. The van der Waals surface area contributed by atoms with Crippen LogP contribution in [0.4, 0.5) is 0 Å². The molecule has 31 heteroatoms. The van der Waals surface area contributed by atoms with Gasteiger partial charge in [-0.25, -0.2) is 4.79 Å². The van der Waals surface area contributed by atoms with Gasteiger partial charge >= 0.3 is 5.97 Å². The molecule has 0 aliphatic rings. The number of carbonyl (C=O) groups excluding carboxylic acids is 11. The summed E-state index contributed by atoms with van der Waals surface area (Å²) < 4.78 is 0. The third-order valence-corrected chi connectivity index (χ3v) is 15.0. The number of aliphatic hydroxyl groups is 1. The first kappa shape index (κ1) is 72.7. The number of para-hydroxylation sites is 1. The largest absolute Gasteiger partial charge is 0.508 e. The lowest BCUT2D eigenvalue weighted by Crippen LogP contribution is -2.62. The number of aromatic hydroxyl groups is 1. The van der Waals surface area contributed by atoms with Crippen molar-refractivity contribution in [2.75, 3.05) is 24.7 Å². The van der Waals surface area contributed by atoms with Crippen molar-refractivity contribution in [1.82, 2.24) is 52.8 Å². The molecule has 11 amide bonds. The van der Waals surface area contributed by atoms with Gasteiger partial charge < -0.3 is 91.1 Å². The number of carbonyl (C=O) groups is 12. The molecule has 1 heterocycles. The second-order valence-corrected chi connectivity index (χ2v) is 21.8. The molecule has 21 N–H and O–H groups in total. The van der Waals surface area contributed by atoms with Crippen LogP contribution in [0.5, 0.6) is 5.75 Å². The number of H-pyrrole nitrogens is 1.